The number of hydrogen-bond donors (Lipinski definition) is 0. The third-order valence-electron chi connectivity index (χ3n) is 3.42. The third kappa shape index (κ3) is 4.78. The van der Waals surface area contributed by atoms with Gasteiger partial charge in [0.25, 0.3) is 0 Å². The van der Waals surface area contributed by atoms with Crippen LogP contribution in [0.5, 0.6) is 0 Å². The molecule has 0 aromatic heterocycles. The fourth-order valence-electron chi connectivity index (χ4n) is 2.44. The molecule has 2 rings (SSSR count). The maximum Gasteiger partial charge on any atom is 0.221 e. The fourth-order valence-corrected chi connectivity index (χ4v) is 3.40. The Morgan fingerprint density at radius 3 is 2.29 bits per heavy atom. The number of aryl methyl sites for hydroxylation is 3. The van der Waals surface area contributed by atoms with Crippen LogP contribution in [0, 0.1) is 20.8 Å². The van der Waals surface area contributed by atoms with Gasteiger partial charge >= 0.3 is 0 Å². The molecule has 0 fully saturated rings. The zero-order valence-corrected chi connectivity index (χ0v) is 13.7. The molecule has 0 spiro atoms. The van der Waals surface area contributed by atoms with Crippen LogP contribution in [0.4, 0.5) is 0 Å². The van der Waals surface area contributed by atoms with Gasteiger partial charge in [-0.2, -0.15) is 4.52 Å². The van der Waals surface area contributed by atoms with E-state index in [1.807, 2.05) is 32.0 Å². The first-order valence-electron chi connectivity index (χ1n) is 7.12. The minimum absolute atomic E-state index is 0.472. The third-order valence-corrected chi connectivity index (χ3v) is 4.33. The maximum atomic E-state index is 12.1. The minimum atomic E-state index is -1.77. The maximum absolute atomic E-state index is 12.1. The number of hydrogen-bond acceptors (Lipinski definition) is 2. The summed E-state index contributed by atoms with van der Waals surface area (Å²) >= 11 is 0. The second kappa shape index (κ2) is 7.51. The Bertz CT molecular complexity index is 610. The molecule has 0 amide bonds. The van der Waals surface area contributed by atoms with Gasteiger partial charge in [-0.05, 0) is 37.5 Å². The SMILES string of the molecule is Cc1cc(C)c(C=[P+]([O-])OCCc2ccccc2)c(C)c1. The van der Waals surface area contributed by atoms with Crippen LogP contribution in [0.3, 0.4) is 0 Å². The molecule has 0 aliphatic heterocycles. The monoisotopic (exact) mass is 300 g/mol. The summed E-state index contributed by atoms with van der Waals surface area (Å²) < 4.78 is 5.44. The Balaban J connectivity index is 1.98. The van der Waals surface area contributed by atoms with Crippen molar-refractivity contribution in [1.29, 1.82) is 0 Å². The fraction of sp³-hybridized carbons (Fsp3) is 0.278. The van der Waals surface area contributed by atoms with Crippen LogP contribution < -0.4 is 4.89 Å². The topological polar surface area (TPSA) is 32.3 Å². The molecule has 3 heteroatoms. The zero-order chi connectivity index (χ0) is 15.2. The van der Waals surface area contributed by atoms with Crippen molar-refractivity contribution >= 4 is 13.8 Å². The van der Waals surface area contributed by atoms with Crippen molar-refractivity contribution in [2.24, 2.45) is 0 Å². The van der Waals surface area contributed by atoms with Crippen LogP contribution in [-0.4, -0.2) is 12.4 Å². The number of benzene rings is 2. The Morgan fingerprint density at radius 1 is 1.05 bits per heavy atom. The molecule has 0 aliphatic rings. The van der Waals surface area contributed by atoms with E-state index < -0.39 is 8.00 Å². The molecular weight excluding hydrogens is 279 g/mol. The standard InChI is InChI=1S/C18H21O2P/c1-14-11-15(2)18(16(3)12-14)13-21(19)20-10-9-17-7-5-4-6-8-17/h4-8,11-13H,9-10H2,1-3H3. The van der Waals surface area contributed by atoms with Gasteiger partial charge in [0.2, 0.25) is 8.00 Å². The molecule has 2 aromatic carbocycles. The van der Waals surface area contributed by atoms with E-state index in [1.54, 1.807) is 5.80 Å². The second-order valence-corrected chi connectivity index (χ2v) is 6.38. The molecule has 2 aromatic rings. The minimum Gasteiger partial charge on any atom is -0.603 e. The Labute approximate surface area is 128 Å². The van der Waals surface area contributed by atoms with Crippen LogP contribution >= 0.6 is 8.00 Å². The molecule has 1 atom stereocenters. The van der Waals surface area contributed by atoms with Gasteiger partial charge in [0.15, 0.2) is 0 Å². The lowest BCUT2D eigenvalue weighted by Gasteiger charge is -2.06. The van der Waals surface area contributed by atoms with Gasteiger partial charge in [-0.1, -0.05) is 48.0 Å². The average molecular weight is 300 g/mol. The second-order valence-electron chi connectivity index (χ2n) is 5.30. The van der Waals surface area contributed by atoms with Crippen molar-refractivity contribution in [3.05, 3.63) is 70.3 Å². The van der Waals surface area contributed by atoms with E-state index in [-0.39, 0.29) is 0 Å². The summed E-state index contributed by atoms with van der Waals surface area (Å²) in [6.45, 7) is 6.62. The normalized spacial score (nSPS) is 11.7. The van der Waals surface area contributed by atoms with E-state index in [1.165, 1.54) is 11.1 Å². The van der Waals surface area contributed by atoms with E-state index in [4.69, 9.17) is 4.52 Å². The Morgan fingerprint density at radius 2 is 1.67 bits per heavy atom. The predicted molar refractivity (Wildman–Crippen MR) is 88.8 cm³/mol. The first-order chi connectivity index (χ1) is 10.1. The molecule has 0 radical (unpaired) electrons. The highest BCUT2D eigenvalue weighted by molar-refractivity contribution is 7.45. The van der Waals surface area contributed by atoms with Crippen molar-refractivity contribution in [3.63, 3.8) is 0 Å². The van der Waals surface area contributed by atoms with Crippen LogP contribution in [0.25, 0.3) is 0 Å². The van der Waals surface area contributed by atoms with Gasteiger partial charge in [0.1, 0.15) is 12.4 Å². The van der Waals surface area contributed by atoms with Gasteiger partial charge in [-0.15, -0.1) is 0 Å². The predicted octanol–water partition coefficient (Wildman–Crippen LogP) is 3.69. The highest BCUT2D eigenvalue weighted by Gasteiger charge is 2.07. The summed E-state index contributed by atoms with van der Waals surface area (Å²) in [7, 11) is -1.77. The molecule has 1 unspecified atom stereocenters. The van der Waals surface area contributed by atoms with Crippen LogP contribution in [-0.2, 0) is 10.9 Å². The van der Waals surface area contributed by atoms with Gasteiger partial charge in [-0.3, -0.25) is 0 Å². The lowest BCUT2D eigenvalue weighted by atomic mass is 10.0. The largest absolute Gasteiger partial charge is 0.603 e. The molecule has 110 valence electrons. The van der Waals surface area contributed by atoms with Gasteiger partial charge in [0.05, 0.1) is 0 Å². The zero-order valence-electron chi connectivity index (χ0n) is 12.8. The van der Waals surface area contributed by atoms with Crippen LogP contribution in [0.1, 0.15) is 27.8 Å². The van der Waals surface area contributed by atoms with Gasteiger partial charge in [-0.25, -0.2) is 0 Å². The summed E-state index contributed by atoms with van der Waals surface area (Å²) in [5.41, 5.74) is 5.73. The quantitative estimate of drug-likeness (QED) is 0.789. The summed E-state index contributed by atoms with van der Waals surface area (Å²) in [4.78, 5) is 12.1. The van der Waals surface area contributed by atoms with Gasteiger partial charge < -0.3 is 4.89 Å². The highest BCUT2D eigenvalue weighted by Crippen LogP contribution is 2.20. The molecule has 2 nitrogen and oxygen atoms in total. The number of rotatable bonds is 5. The molecule has 0 aliphatic carbocycles. The van der Waals surface area contributed by atoms with Crippen molar-refractivity contribution in [1.82, 2.24) is 0 Å². The van der Waals surface area contributed by atoms with E-state index in [0.29, 0.717) is 6.61 Å². The smallest absolute Gasteiger partial charge is 0.221 e. The molecule has 0 saturated heterocycles. The van der Waals surface area contributed by atoms with Crippen LogP contribution in [0.2, 0.25) is 0 Å². The van der Waals surface area contributed by atoms with Crippen molar-refractivity contribution < 1.29 is 9.42 Å². The van der Waals surface area contributed by atoms with E-state index >= 15 is 0 Å². The molecule has 0 bridgehead atoms. The van der Waals surface area contributed by atoms with E-state index in [2.05, 4.69) is 31.2 Å². The summed E-state index contributed by atoms with van der Waals surface area (Å²) in [5, 5.41) is 0. The van der Waals surface area contributed by atoms with Gasteiger partial charge in [0, 0.05) is 12.0 Å². The average Bonchev–Trinajstić information content (AvgIpc) is 2.44. The van der Waals surface area contributed by atoms with E-state index in [0.717, 1.165) is 23.1 Å². The first kappa shape index (κ1) is 15.9. The lowest BCUT2D eigenvalue weighted by molar-refractivity contribution is -0.171. The summed E-state index contributed by atoms with van der Waals surface area (Å²) in [6.07, 6.45) is 0.779. The lowest BCUT2D eigenvalue weighted by Crippen LogP contribution is -2.02. The Hall–Kier alpha value is -1.47. The molecule has 0 N–H and O–H groups in total. The molecule has 0 heterocycles. The van der Waals surface area contributed by atoms with Crippen molar-refractivity contribution in [2.75, 3.05) is 6.61 Å². The summed E-state index contributed by atoms with van der Waals surface area (Å²) in [5.74, 6) is 1.74. The first-order valence-corrected chi connectivity index (χ1v) is 8.37. The Kier molecular flexibility index (Phi) is 5.69. The van der Waals surface area contributed by atoms with Crippen molar-refractivity contribution in [3.8, 4) is 0 Å². The molecule has 0 saturated carbocycles. The summed E-state index contributed by atoms with van der Waals surface area (Å²) in [6, 6.07) is 14.3. The molecule has 21 heavy (non-hydrogen) atoms. The van der Waals surface area contributed by atoms with Crippen LogP contribution in [0.15, 0.2) is 42.5 Å². The van der Waals surface area contributed by atoms with E-state index in [9.17, 15) is 4.89 Å². The van der Waals surface area contributed by atoms with Crippen molar-refractivity contribution in [2.45, 2.75) is 27.2 Å². The molecular formula is C18H21O2P. The highest BCUT2D eigenvalue weighted by atomic mass is 31.1.